The molecular weight excluding hydrogens is 248 g/mol. The number of carboxylic acid groups (broad SMARTS) is 1. The van der Waals surface area contributed by atoms with Gasteiger partial charge in [-0.3, -0.25) is 9.59 Å². The molecule has 6 nitrogen and oxygen atoms in total. The maximum absolute atomic E-state index is 12.1. The molecule has 1 aliphatic heterocycles. The standard InChI is InChI=1S/C13H24N2O4/c1-14(2)6-7-15(10-13(17)18)12(16)9-11-5-3-4-8-19-11/h11H,3-10H2,1-2H3,(H,17,18). The van der Waals surface area contributed by atoms with Crippen molar-refractivity contribution in [1.29, 1.82) is 0 Å². The largest absolute Gasteiger partial charge is 0.480 e. The van der Waals surface area contributed by atoms with Crippen LogP contribution in [0.2, 0.25) is 0 Å². The van der Waals surface area contributed by atoms with Crippen LogP contribution < -0.4 is 0 Å². The van der Waals surface area contributed by atoms with Crippen molar-refractivity contribution in [2.75, 3.05) is 40.3 Å². The Hall–Kier alpha value is -1.14. The summed E-state index contributed by atoms with van der Waals surface area (Å²) >= 11 is 0. The third-order valence-electron chi connectivity index (χ3n) is 3.17. The van der Waals surface area contributed by atoms with Gasteiger partial charge in [-0.25, -0.2) is 0 Å². The number of nitrogens with zero attached hydrogens (tertiary/aromatic N) is 2. The summed E-state index contributed by atoms with van der Waals surface area (Å²) in [5.74, 6) is -1.10. The summed E-state index contributed by atoms with van der Waals surface area (Å²) in [5.41, 5.74) is 0. The molecular formula is C13H24N2O4. The molecule has 1 N–H and O–H groups in total. The molecule has 19 heavy (non-hydrogen) atoms. The molecule has 0 aliphatic carbocycles. The van der Waals surface area contributed by atoms with Crippen molar-refractivity contribution in [2.24, 2.45) is 0 Å². The fourth-order valence-corrected chi connectivity index (χ4v) is 2.07. The van der Waals surface area contributed by atoms with Crippen molar-refractivity contribution in [2.45, 2.75) is 31.8 Å². The first-order valence-corrected chi connectivity index (χ1v) is 6.75. The highest BCUT2D eigenvalue weighted by Gasteiger charge is 2.22. The summed E-state index contributed by atoms with van der Waals surface area (Å²) in [6, 6.07) is 0. The van der Waals surface area contributed by atoms with Crippen LogP contribution in [-0.2, 0) is 14.3 Å². The van der Waals surface area contributed by atoms with Gasteiger partial charge in [-0.15, -0.1) is 0 Å². The minimum Gasteiger partial charge on any atom is -0.480 e. The number of ether oxygens (including phenoxy) is 1. The highest BCUT2D eigenvalue weighted by Crippen LogP contribution is 2.16. The van der Waals surface area contributed by atoms with E-state index >= 15 is 0 Å². The second-order valence-corrected chi connectivity index (χ2v) is 5.21. The van der Waals surface area contributed by atoms with E-state index in [-0.39, 0.29) is 18.6 Å². The van der Waals surface area contributed by atoms with E-state index in [1.165, 1.54) is 4.90 Å². The van der Waals surface area contributed by atoms with Gasteiger partial charge in [-0.1, -0.05) is 0 Å². The van der Waals surface area contributed by atoms with Gasteiger partial charge in [0, 0.05) is 19.7 Å². The molecule has 1 atom stereocenters. The predicted octanol–water partition coefficient (Wildman–Crippen LogP) is 0.420. The quantitative estimate of drug-likeness (QED) is 0.727. The van der Waals surface area contributed by atoms with E-state index < -0.39 is 5.97 Å². The number of carboxylic acids is 1. The summed E-state index contributed by atoms with van der Waals surface area (Å²) in [6.07, 6.45) is 3.26. The average Bonchev–Trinajstić information content (AvgIpc) is 2.35. The fraction of sp³-hybridized carbons (Fsp3) is 0.846. The van der Waals surface area contributed by atoms with Crippen molar-refractivity contribution in [3.05, 3.63) is 0 Å². The molecule has 1 aliphatic rings. The van der Waals surface area contributed by atoms with E-state index in [1.807, 2.05) is 19.0 Å². The molecule has 1 rings (SSSR count). The van der Waals surface area contributed by atoms with E-state index in [4.69, 9.17) is 9.84 Å². The zero-order valence-electron chi connectivity index (χ0n) is 11.8. The SMILES string of the molecule is CN(C)CCN(CC(=O)O)C(=O)CC1CCCCO1. The highest BCUT2D eigenvalue weighted by atomic mass is 16.5. The lowest BCUT2D eigenvalue weighted by atomic mass is 10.1. The Balaban J connectivity index is 2.46. The second-order valence-electron chi connectivity index (χ2n) is 5.21. The summed E-state index contributed by atoms with van der Waals surface area (Å²) in [7, 11) is 3.79. The minimum atomic E-state index is -0.975. The first kappa shape index (κ1) is 15.9. The van der Waals surface area contributed by atoms with Crippen molar-refractivity contribution >= 4 is 11.9 Å². The summed E-state index contributed by atoms with van der Waals surface area (Å²) in [4.78, 5) is 26.3. The zero-order chi connectivity index (χ0) is 14.3. The maximum Gasteiger partial charge on any atom is 0.323 e. The Bertz CT molecular complexity index is 301. The van der Waals surface area contributed by atoms with Gasteiger partial charge in [0.2, 0.25) is 5.91 Å². The summed E-state index contributed by atoms with van der Waals surface area (Å²) in [6.45, 7) is 1.56. The molecule has 0 aromatic heterocycles. The van der Waals surface area contributed by atoms with E-state index in [9.17, 15) is 9.59 Å². The van der Waals surface area contributed by atoms with Gasteiger partial charge in [-0.2, -0.15) is 0 Å². The van der Waals surface area contributed by atoms with E-state index in [0.717, 1.165) is 19.3 Å². The molecule has 110 valence electrons. The molecule has 0 aromatic rings. The lowest BCUT2D eigenvalue weighted by Crippen LogP contribution is -2.41. The van der Waals surface area contributed by atoms with Crippen LogP contribution in [0.15, 0.2) is 0 Å². The molecule has 1 amide bonds. The number of hydrogen-bond donors (Lipinski definition) is 1. The normalized spacial score (nSPS) is 19.4. The lowest BCUT2D eigenvalue weighted by Gasteiger charge is -2.27. The summed E-state index contributed by atoms with van der Waals surface area (Å²) in [5, 5.41) is 8.87. The van der Waals surface area contributed by atoms with Crippen LogP contribution in [-0.4, -0.2) is 73.2 Å². The number of aliphatic carboxylic acids is 1. The average molecular weight is 272 g/mol. The van der Waals surface area contributed by atoms with E-state index in [1.54, 1.807) is 0 Å². The monoisotopic (exact) mass is 272 g/mol. The first-order valence-electron chi connectivity index (χ1n) is 6.75. The van der Waals surface area contributed by atoms with E-state index in [0.29, 0.717) is 26.1 Å². The third kappa shape index (κ3) is 6.54. The number of likely N-dealkylation sites (N-methyl/N-ethyl adjacent to an activating group) is 1. The predicted molar refractivity (Wildman–Crippen MR) is 71.0 cm³/mol. The van der Waals surface area contributed by atoms with Gasteiger partial charge in [0.05, 0.1) is 12.5 Å². The molecule has 1 saturated heterocycles. The Kier molecular flexibility index (Phi) is 6.80. The van der Waals surface area contributed by atoms with Crippen LogP contribution in [0.3, 0.4) is 0 Å². The molecule has 1 heterocycles. The minimum absolute atomic E-state index is 0.0445. The first-order chi connectivity index (χ1) is 8.99. The van der Waals surface area contributed by atoms with Crippen LogP contribution in [0.5, 0.6) is 0 Å². The number of carbonyl (C=O) groups excluding carboxylic acids is 1. The smallest absolute Gasteiger partial charge is 0.323 e. The molecule has 6 heteroatoms. The van der Waals surface area contributed by atoms with Gasteiger partial charge in [0.25, 0.3) is 0 Å². The van der Waals surface area contributed by atoms with Crippen LogP contribution in [0.1, 0.15) is 25.7 Å². The second kappa shape index (κ2) is 8.12. The molecule has 0 aromatic carbocycles. The van der Waals surface area contributed by atoms with Gasteiger partial charge >= 0.3 is 5.97 Å². The summed E-state index contributed by atoms with van der Waals surface area (Å²) < 4.78 is 5.52. The van der Waals surface area contributed by atoms with Crippen molar-refractivity contribution in [3.63, 3.8) is 0 Å². The highest BCUT2D eigenvalue weighted by molar-refractivity contribution is 5.81. The van der Waals surface area contributed by atoms with Gasteiger partial charge in [-0.05, 0) is 33.4 Å². The molecule has 0 bridgehead atoms. The van der Waals surface area contributed by atoms with Crippen LogP contribution in [0.25, 0.3) is 0 Å². The van der Waals surface area contributed by atoms with Gasteiger partial charge in [0.15, 0.2) is 0 Å². The van der Waals surface area contributed by atoms with Crippen molar-refractivity contribution in [1.82, 2.24) is 9.80 Å². The zero-order valence-corrected chi connectivity index (χ0v) is 11.8. The Morgan fingerprint density at radius 3 is 2.53 bits per heavy atom. The molecule has 0 saturated carbocycles. The molecule has 0 radical (unpaired) electrons. The topological polar surface area (TPSA) is 70.1 Å². The van der Waals surface area contributed by atoms with E-state index in [2.05, 4.69) is 0 Å². The number of carbonyl (C=O) groups is 2. The molecule has 1 fully saturated rings. The van der Waals surface area contributed by atoms with Crippen molar-refractivity contribution in [3.8, 4) is 0 Å². The molecule has 0 spiro atoms. The lowest BCUT2D eigenvalue weighted by molar-refractivity contribution is -0.146. The number of hydrogen-bond acceptors (Lipinski definition) is 4. The number of rotatable bonds is 7. The number of amides is 1. The fourth-order valence-electron chi connectivity index (χ4n) is 2.07. The van der Waals surface area contributed by atoms with Crippen molar-refractivity contribution < 1.29 is 19.4 Å². The van der Waals surface area contributed by atoms with Crippen LogP contribution >= 0.6 is 0 Å². The van der Waals surface area contributed by atoms with Gasteiger partial charge in [0.1, 0.15) is 6.54 Å². The Labute approximate surface area is 114 Å². The van der Waals surface area contributed by atoms with Crippen LogP contribution in [0, 0.1) is 0 Å². The van der Waals surface area contributed by atoms with Gasteiger partial charge < -0.3 is 19.6 Å². The Morgan fingerprint density at radius 1 is 1.26 bits per heavy atom. The Morgan fingerprint density at radius 2 is 2.00 bits per heavy atom. The maximum atomic E-state index is 12.1. The third-order valence-corrected chi connectivity index (χ3v) is 3.17. The van der Waals surface area contributed by atoms with Crippen LogP contribution in [0.4, 0.5) is 0 Å². The molecule has 1 unspecified atom stereocenters.